The van der Waals surface area contributed by atoms with Gasteiger partial charge in [0.05, 0.1) is 17.8 Å². The van der Waals surface area contributed by atoms with Gasteiger partial charge in [0.1, 0.15) is 0 Å². The maximum Gasteiger partial charge on any atom is 0.311 e. The number of anilines is 1. The van der Waals surface area contributed by atoms with E-state index in [9.17, 15) is 14.9 Å². The maximum atomic E-state index is 11.9. The average molecular weight is 458 g/mol. The zero-order valence-electron chi connectivity index (χ0n) is 12.8. The number of rotatable bonds is 7. The molecule has 0 saturated carbocycles. The Bertz CT molecular complexity index is 755. The largest absolute Gasteiger partial charge is 0.490 e. The average Bonchev–Trinajstić information content (AvgIpc) is 2.54. The summed E-state index contributed by atoms with van der Waals surface area (Å²) in [5, 5.41) is 13.8. The Hall–Kier alpha value is -1.81. The molecule has 0 unspecified atom stereocenters. The summed E-state index contributed by atoms with van der Waals surface area (Å²) in [5.41, 5.74) is 1.46. The van der Waals surface area contributed by atoms with Crippen molar-refractivity contribution >= 4 is 51.6 Å². The first-order valence-electron chi connectivity index (χ1n) is 6.94. The molecule has 2 aromatic carbocycles. The molecule has 0 saturated heterocycles. The lowest BCUT2D eigenvalue weighted by Crippen LogP contribution is -2.14. The molecule has 126 valence electrons. The standard InChI is InChI=1S/C16H15IN2O4S/c1-23-15-6-5-11(7-14(15)19(21)22)9-24-10-16(20)18-13-4-2-3-12(17)8-13/h2-8H,9-10H2,1H3,(H,18,20). The molecule has 0 aliphatic carbocycles. The Morgan fingerprint density at radius 3 is 2.79 bits per heavy atom. The number of nitrogens with zero attached hydrogens (tertiary/aromatic N) is 1. The summed E-state index contributed by atoms with van der Waals surface area (Å²) >= 11 is 3.58. The van der Waals surface area contributed by atoms with Crippen molar-refractivity contribution in [2.75, 3.05) is 18.2 Å². The van der Waals surface area contributed by atoms with Gasteiger partial charge in [-0.2, -0.15) is 0 Å². The van der Waals surface area contributed by atoms with E-state index in [1.165, 1.54) is 24.9 Å². The van der Waals surface area contributed by atoms with Crippen molar-refractivity contribution in [3.05, 3.63) is 61.7 Å². The minimum Gasteiger partial charge on any atom is -0.490 e. The van der Waals surface area contributed by atoms with Gasteiger partial charge < -0.3 is 10.1 Å². The van der Waals surface area contributed by atoms with Gasteiger partial charge in [-0.3, -0.25) is 14.9 Å². The smallest absolute Gasteiger partial charge is 0.311 e. The van der Waals surface area contributed by atoms with Gasteiger partial charge in [0.25, 0.3) is 0 Å². The van der Waals surface area contributed by atoms with E-state index in [4.69, 9.17) is 4.74 Å². The summed E-state index contributed by atoms with van der Waals surface area (Å²) in [6, 6.07) is 12.3. The van der Waals surface area contributed by atoms with Crippen LogP contribution in [0.4, 0.5) is 11.4 Å². The van der Waals surface area contributed by atoms with Crippen molar-refractivity contribution in [3.63, 3.8) is 0 Å². The highest BCUT2D eigenvalue weighted by Crippen LogP contribution is 2.29. The summed E-state index contributed by atoms with van der Waals surface area (Å²) in [6.07, 6.45) is 0. The van der Waals surface area contributed by atoms with Crippen LogP contribution in [-0.2, 0) is 10.5 Å². The fraction of sp³-hybridized carbons (Fsp3) is 0.188. The number of ether oxygens (including phenoxy) is 1. The van der Waals surface area contributed by atoms with Crippen LogP contribution in [0.5, 0.6) is 5.75 Å². The molecule has 2 rings (SSSR count). The maximum absolute atomic E-state index is 11.9. The Morgan fingerprint density at radius 2 is 2.12 bits per heavy atom. The molecular formula is C16H15IN2O4S. The highest BCUT2D eigenvalue weighted by Gasteiger charge is 2.15. The number of hydrogen-bond donors (Lipinski definition) is 1. The quantitative estimate of drug-likeness (QED) is 0.384. The minimum atomic E-state index is -0.475. The topological polar surface area (TPSA) is 81.5 Å². The first-order valence-corrected chi connectivity index (χ1v) is 9.17. The van der Waals surface area contributed by atoms with Crippen LogP contribution in [0.2, 0.25) is 0 Å². The summed E-state index contributed by atoms with van der Waals surface area (Å²) < 4.78 is 6.01. The van der Waals surface area contributed by atoms with Crippen molar-refractivity contribution in [2.24, 2.45) is 0 Å². The highest BCUT2D eigenvalue weighted by atomic mass is 127. The number of nitro groups is 1. The van der Waals surface area contributed by atoms with Gasteiger partial charge in [-0.05, 0) is 52.4 Å². The molecule has 1 amide bonds. The van der Waals surface area contributed by atoms with Crippen LogP contribution in [-0.4, -0.2) is 23.7 Å². The van der Waals surface area contributed by atoms with Crippen molar-refractivity contribution in [1.82, 2.24) is 0 Å². The molecule has 0 aliphatic rings. The third-order valence-electron chi connectivity index (χ3n) is 3.05. The predicted octanol–water partition coefficient (Wildman–Crippen LogP) is 4.08. The zero-order chi connectivity index (χ0) is 17.5. The molecule has 1 N–H and O–H groups in total. The molecule has 0 aliphatic heterocycles. The summed E-state index contributed by atoms with van der Waals surface area (Å²) in [6.45, 7) is 0. The predicted molar refractivity (Wildman–Crippen MR) is 104 cm³/mol. The second-order valence-electron chi connectivity index (χ2n) is 4.81. The number of benzene rings is 2. The molecule has 0 spiro atoms. The number of nitrogens with one attached hydrogen (secondary N) is 1. The van der Waals surface area contributed by atoms with Crippen molar-refractivity contribution in [2.45, 2.75) is 5.75 Å². The number of halogens is 1. The van der Waals surface area contributed by atoms with Gasteiger partial charge in [0.2, 0.25) is 5.91 Å². The lowest BCUT2D eigenvalue weighted by Gasteiger charge is -2.07. The van der Waals surface area contributed by atoms with Crippen LogP contribution in [0, 0.1) is 13.7 Å². The second kappa shape index (κ2) is 8.88. The molecule has 0 heterocycles. The molecule has 0 bridgehead atoms. The molecule has 0 atom stereocenters. The van der Waals surface area contributed by atoms with E-state index in [1.54, 1.807) is 12.1 Å². The number of methoxy groups -OCH3 is 1. The number of amides is 1. The summed E-state index contributed by atoms with van der Waals surface area (Å²) in [7, 11) is 1.39. The number of nitro benzene ring substituents is 1. The Labute approximate surface area is 157 Å². The van der Waals surface area contributed by atoms with Gasteiger partial charge >= 0.3 is 5.69 Å². The van der Waals surface area contributed by atoms with E-state index in [-0.39, 0.29) is 23.1 Å². The SMILES string of the molecule is COc1ccc(CSCC(=O)Nc2cccc(I)c2)cc1[N+](=O)[O-]. The molecule has 2 aromatic rings. The third kappa shape index (κ3) is 5.38. The first-order chi connectivity index (χ1) is 11.5. The monoisotopic (exact) mass is 458 g/mol. The summed E-state index contributed by atoms with van der Waals surface area (Å²) in [5.74, 6) is 0.894. The summed E-state index contributed by atoms with van der Waals surface area (Å²) in [4.78, 5) is 22.5. The van der Waals surface area contributed by atoms with Crippen LogP contribution in [0.15, 0.2) is 42.5 Å². The van der Waals surface area contributed by atoms with Crippen LogP contribution in [0.1, 0.15) is 5.56 Å². The van der Waals surface area contributed by atoms with E-state index in [0.29, 0.717) is 5.75 Å². The molecule has 6 nitrogen and oxygen atoms in total. The Balaban J connectivity index is 1.88. The number of carbonyl (C=O) groups is 1. The van der Waals surface area contributed by atoms with Crippen molar-refractivity contribution in [3.8, 4) is 5.75 Å². The third-order valence-corrected chi connectivity index (χ3v) is 4.72. The van der Waals surface area contributed by atoms with E-state index in [1.807, 2.05) is 24.3 Å². The molecule has 0 fully saturated rings. The van der Waals surface area contributed by atoms with Crippen LogP contribution >= 0.6 is 34.4 Å². The molecular weight excluding hydrogens is 443 g/mol. The van der Waals surface area contributed by atoms with E-state index in [0.717, 1.165) is 14.8 Å². The fourth-order valence-electron chi connectivity index (χ4n) is 1.99. The van der Waals surface area contributed by atoms with Gasteiger partial charge in [-0.1, -0.05) is 12.1 Å². The number of carbonyl (C=O) groups excluding carboxylic acids is 1. The molecule has 8 heteroatoms. The van der Waals surface area contributed by atoms with Gasteiger partial charge in [0, 0.05) is 21.1 Å². The van der Waals surface area contributed by atoms with Gasteiger partial charge in [-0.15, -0.1) is 11.8 Å². The number of thioether (sulfide) groups is 1. The minimum absolute atomic E-state index is 0.0705. The van der Waals surface area contributed by atoms with E-state index in [2.05, 4.69) is 27.9 Å². The second-order valence-corrected chi connectivity index (χ2v) is 7.05. The van der Waals surface area contributed by atoms with Gasteiger partial charge in [-0.25, -0.2) is 0 Å². The number of hydrogen-bond acceptors (Lipinski definition) is 5. The zero-order valence-corrected chi connectivity index (χ0v) is 15.8. The first kappa shape index (κ1) is 18.5. The lowest BCUT2D eigenvalue weighted by molar-refractivity contribution is -0.385. The molecule has 24 heavy (non-hydrogen) atoms. The Morgan fingerprint density at radius 1 is 1.33 bits per heavy atom. The molecule has 0 aromatic heterocycles. The lowest BCUT2D eigenvalue weighted by atomic mass is 10.2. The van der Waals surface area contributed by atoms with E-state index < -0.39 is 4.92 Å². The Kier molecular flexibility index (Phi) is 6.85. The molecule has 0 radical (unpaired) electrons. The van der Waals surface area contributed by atoms with Crippen LogP contribution in [0.25, 0.3) is 0 Å². The van der Waals surface area contributed by atoms with Crippen molar-refractivity contribution in [1.29, 1.82) is 0 Å². The van der Waals surface area contributed by atoms with Crippen LogP contribution in [0.3, 0.4) is 0 Å². The highest BCUT2D eigenvalue weighted by molar-refractivity contribution is 14.1. The van der Waals surface area contributed by atoms with Gasteiger partial charge in [0.15, 0.2) is 5.75 Å². The normalized spacial score (nSPS) is 10.2. The fourth-order valence-corrected chi connectivity index (χ4v) is 3.31. The van der Waals surface area contributed by atoms with Crippen molar-refractivity contribution < 1.29 is 14.5 Å². The van der Waals surface area contributed by atoms with E-state index >= 15 is 0 Å². The van der Waals surface area contributed by atoms with Crippen LogP contribution < -0.4 is 10.1 Å².